The molecule has 1 heterocycles. The van der Waals surface area contributed by atoms with E-state index in [1.54, 1.807) is 12.6 Å². The van der Waals surface area contributed by atoms with Gasteiger partial charge in [-0.3, -0.25) is 14.7 Å². The number of halogens is 1. The fourth-order valence-electron chi connectivity index (χ4n) is 2.82. The zero-order valence-corrected chi connectivity index (χ0v) is 21.3. The van der Waals surface area contributed by atoms with Crippen LogP contribution in [0.2, 0.25) is 0 Å². The molecule has 2 rings (SSSR count). The van der Waals surface area contributed by atoms with E-state index in [1.807, 2.05) is 13.0 Å². The molecule has 7 nitrogen and oxygen atoms in total. The number of aryl methyl sites for hydroxylation is 1. The number of hydrogen-bond donors (Lipinski definition) is 3. The second-order valence-electron chi connectivity index (χ2n) is 6.99. The molecule has 0 spiro atoms. The van der Waals surface area contributed by atoms with Crippen LogP contribution in [0.3, 0.4) is 0 Å². The molecule has 2 aromatic rings. The molecule has 0 fully saturated rings. The quantitative estimate of drug-likeness (QED) is 0.186. The number of nitrogens with zero attached hydrogens (tertiary/aromatic N) is 3. The molecule has 1 aromatic heterocycles. The second-order valence-corrected chi connectivity index (χ2v) is 7.84. The summed E-state index contributed by atoms with van der Waals surface area (Å²) in [4.78, 5) is 23.4. The number of hydrogen-bond acceptors (Lipinski definition) is 5. The summed E-state index contributed by atoms with van der Waals surface area (Å²) < 4.78 is 0. The molecule has 1 amide bonds. The van der Waals surface area contributed by atoms with Crippen molar-refractivity contribution < 1.29 is 4.79 Å². The molecule has 0 bridgehead atoms. The van der Waals surface area contributed by atoms with Gasteiger partial charge in [0.25, 0.3) is 5.91 Å². The number of nitrogens with one attached hydrogen (secondary N) is 3. The maximum absolute atomic E-state index is 12.1. The van der Waals surface area contributed by atoms with Gasteiger partial charge in [-0.25, -0.2) is 4.98 Å². The van der Waals surface area contributed by atoms with Crippen LogP contribution in [-0.4, -0.2) is 61.5 Å². The van der Waals surface area contributed by atoms with E-state index in [0.717, 1.165) is 31.2 Å². The van der Waals surface area contributed by atoms with Crippen molar-refractivity contribution in [3.63, 3.8) is 0 Å². The summed E-state index contributed by atoms with van der Waals surface area (Å²) in [6.07, 6.45) is 1.01. The van der Waals surface area contributed by atoms with Gasteiger partial charge in [0, 0.05) is 39.3 Å². The van der Waals surface area contributed by atoms with Crippen molar-refractivity contribution >= 4 is 47.2 Å². The monoisotopic (exact) mass is 544 g/mol. The molecule has 0 saturated heterocycles. The van der Waals surface area contributed by atoms with Gasteiger partial charge >= 0.3 is 0 Å². The van der Waals surface area contributed by atoms with Gasteiger partial charge in [-0.15, -0.1) is 35.3 Å². The lowest BCUT2D eigenvalue weighted by Crippen LogP contribution is -2.43. The topological polar surface area (TPSA) is 81.6 Å². The molecule has 1 aromatic carbocycles. The van der Waals surface area contributed by atoms with Crippen LogP contribution in [0.15, 0.2) is 40.8 Å². The summed E-state index contributed by atoms with van der Waals surface area (Å²) >= 11 is 1.36. The van der Waals surface area contributed by atoms with E-state index in [1.165, 1.54) is 16.9 Å². The first-order valence-electron chi connectivity index (χ1n) is 9.88. The Labute approximate surface area is 200 Å². The van der Waals surface area contributed by atoms with Gasteiger partial charge in [0.1, 0.15) is 4.88 Å². The molecule has 9 heteroatoms. The van der Waals surface area contributed by atoms with Crippen LogP contribution in [0, 0.1) is 6.92 Å². The minimum Gasteiger partial charge on any atom is -0.356 e. The average Bonchev–Trinajstić information content (AvgIpc) is 3.16. The third-order valence-corrected chi connectivity index (χ3v) is 5.69. The number of amides is 1. The van der Waals surface area contributed by atoms with E-state index in [4.69, 9.17) is 0 Å². The Bertz CT molecular complexity index is 783. The maximum Gasteiger partial charge on any atom is 0.263 e. The SMILES string of the molecule is CN=C(NCCNC(=O)c1scnc1C)NCCC(C)N(C)Cc1ccccc1.I. The normalized spacial score (nSPS) is 12.2. The van der Waals surface area contributed by atoms with Gasteiger partial charge in [0.05, 0.1) is 11.2 Å². The number of carbonyl (C=O) groups is 1. The van der Waals surface area contributed by atoms with Gasteiger partial charge in [0.2, 0.25) is 0 Å². The van der Waals surface area contributed by atoms with Crippen LogP contribution in [0.1, 0.15) is 34.3 Å². The van der Waals surface area contributed by atoms with Crippen LogP contribution in [0.4, 0.5) is 0 Å². The van der Waals surface area contributed by atoms with E-state index < -0.39 is 0 Å². The van der Waals surface area contributed by atoms with E-state index in [-0.39, 0.29) is 29.9 Å². The van der Waals surface area contributed by atoms with Crippen molar-refractivity contribution in [3.05, 3.63) is 52.0 Å². The third kappa shape index (κ3) is 8.97. The highest BCUT2D eigenvalue weighted by Gasteiger charge is 2.11. The summed E-state index contributed by atoms with van der Waals surface area (Å²) in [7, 11) is 3.90. The van der Waals surface area contributed by atoms with E-state index in [0.29, 0.717) is 24.0 Å². The standard InChI is InChI=1S/C21H32N6OS.HI/c1-16(27(4)14-18-8-6-5-7-9-18)10-11-24-21(22-3)25-13-12-23-20(28)19-17(2)26-15-29-19;/h5-9,15-16H,10-14H2,1-4H3,(H,23,28)(H2,22,24,25);1H. The Balaban J connectivity index is 0.00000450. The lowest BCUT2D eigenvalue weighted by Gasteiger charge is -2.25. The van der Waals surface area contributed by atoms with Crippen LogP contribution < -0.4 is 16.0 Å². The van der Waals surface area contributed by atoms with Gasteiger partial charge in [0.15, 0.2) is 5.96 Å². The molecular formula is C21H33IN6OS. The van der Waals surface area contributed by atoms with Crippen molar-refractivity contribution in [3.8, 4) is 0 Å². The third-order valence-electron chi connectivity index (χ3n) is 4.76. The van der Waals surface area contributed by atoms with Crippen LogP contribution in [-0.2, 0) is 6.54 Å². The Morgan fingerprint density at radius 2 is 1.83 bits per heavy atom. The van der Waals surface area contributed by atoms with E-state index in [9.17, 15) is 4.79 Å². The minimum atomic E-state index is -0.0787. The number of rotatable bonds is 10. The van der Waals surface area contributed by atoms with E-state index in [2.05, 4.69) is 69.1 Å². The molecule has 0 aliphatic rings. The number of benzene rings is 1. The molecular weight excluding hydrogens is 511 g/mol. The first-order chi connectivity index (χ1) is 14.0. The van der Waals surface area contributed by atoms with Crippen LogP contribution in [0.25, 0.3) is 0 Å². The summed E-state index contributed by atoms with van der Waals surface area (Å²) in [5.41, 5.74) is 3.78. The predicted octanol–water partition coefficient (Wildman–Crippen LogP) is 2.87. The lowest BCUT2D eigenvalue weighted by atomic mass is 10.1. The number of thiazole rings is 1. The van der Waals surface area contributed by atoms with Gasteiger partial charge in [-0.2, -0.15) is 0 Å². The highest BCUT2D eigenvalue weighted by Crippen LogP contribution is 2.11. The van der Waals surface area contributed by atoms with E-state index >= 15 is 0 Å². The number of aromatic nitrogens is 1. The Kier molecular flexibility index (Phi) is 12.6. The molecule has 0 saturated carbocycles. The molecule has 30 heavy (non-hydrogen) atoms. The fraction of sp³-hybridized carbons (Fsp3) is 0.476. The van der Waals surface area contributed by atoms with Gasteiger partial charge < -0.3 is 16.0 Å². The van der Waals surface area contributed by atoms with Crippen molar-refractivity contribution in [2.45, 2.75) is 32.9 Å². The summed E-state index contributed by atoms with van der Waals surface area (Å²) in [5.74, 6) is 0.663. The van der Waals surface area contributed by atoms with Crippen molar-refractivity contribution in [2.75, 3.05) is 33.7 Å². The smallest absolute Gasteiger partial charge is 0.263 e. The number of guanidine groups is 1. The fourth-order valence-corrected chi connectivity index (χ4v) is 3.54. The Morgan fingerprint density at radius 3 is 2.47 bits per heavy atom. The predicted molar refractivity (Wildman–Crippen MR) is 136 cm³/mol. The highest BCUT2D eigenvalue weighted by atomic mass is 127. The van der Waals surface area contributed by atoms with Gasteiger partial charge in [-0.1, -0.05) is 30.3 Å². The molecule has 0 radical (unpaired) electrons. The number of aliphatic imine (C=N–C) groups is 1. The summed E-state index contributed by atoms with van der Waals surface area (Å²) in [6, 6.07) is 11.0. The number of carbonyl (C=O) groups excluding carboxylic acids is 1. The zero-order valence-electron chi connectivity index (χ0n) is 18.1. The summed E-state index contributed by atoms with van der Waals surface area (Å²) in [5, 5.41) is 9.46. The molecule has 1 unspecified atom stereocenters. The van der Waals surface area contributed by atoms with Crippen molar-refractivity contribution in [1.82, 2.24) is 25.8 Å². The maximum atomic E-state index is 12.1. The highest BCUT2D eigenvalue weighted by molar-refractivity contribution is 14.0. The van der Waals surface area contributed by atoms with Crippen molar-refractivity contribution in [1.29, 1.82) is 0 Å². The average molecular weight is 545 g/mol. The second kappa shape index (κ2) is 14.3. The molecule has 0 aliphatic heterocycles. The molecule has 3 N–H and O–H groups in total. The molecule has 0 aliphatic carbocycles. The van der Waals surface area contributed by atoms with Crippen molar-refractivity contribution in [2.24, 2.45) is 4.99 Å². The lowest BCUT2D eigenvalue weighted by molar-refractivity contribution is 0.0957. The van der Waals surface area contributed by atoms with Crippen LogP contribution >= 0.6 is 35.3 Å². The minimum absolute atomic E-state index is 0. The first kappa shape index (κ1) is 26.3. The largest absolute Gasteiger partial charge is 0.356 e. The first-order valence-corrected chi connectivity index (χ1v) is 10.8. The van der Waals surface area contributed by atoms with Gasteiger partial charge in [-0.05, 0) is 32.9 Å². The Hall–Kier alpha value is -1.72. The van der Waals surface area contributed by atoms with Crippen LogP contribution in [0.5, 0.6) is 0 Å². The zero-order chi connectivity index (χ0) is 21.1. The molecule has 1 atom stereocenters. The Morgan fingerprint density at radius 1 is 1.17 bits per heavy atom. The molecule has 166 valence electrons. The summed E-state index contributed by atoms with van der Waals surface area (Å²) in [6.45, 7) is 6.96.